The Balaban J connectivity index is 2.14. The summed E-state index contributed by atoms with van der Waals surface area (Å²) >= 11 is 0. The molecule has 2 aliphatic rings. The highest BCUT2D eigenvalue weighted by atomic mass is 15.3. The van der Waals surface area contributed by atoms with Crippen LogP contribution >= 0.6 is 0 Å². The molecule has 70 valence electrons. The molecule has 2 aliphatic heterocycles. The van der Waals surface area contributed by atoms with Gasteiger partial charge < -0.3 is 5.73 Å². The van der Waals surface area contributed by atoms with Crippen molar-refractivity contribution in [1.29, 1.82) is 0 Å². The lowest BCUT2D eigenvalue weighted by Crippen LogP contribution is -2.47. The van der Waals surface area contributed by atoms with E-state index in [0.29, 0.717) is 18.1 Å². The van der Waals surface area contributed by atoms with E-state index in [9.17, 15) is 0 Å². The number of piperidine rings is 1. The summed E-state index contributed by atoms with van der Waals surface area (Å²) in [6.07, 6.45) is 5.34. The molecule has 2 fully saturated rings. The molecular weight excluding hydrogens is 148 g/mol. The fourth-order valence-corrected chi connectivity index (χ4v) is 3.08. The number of nitrogens with two attached hydrogens (primary N) is 1. The molecule has 12 heavy (non-hydrogen) atoms. The Morgan fingerprint density at radius 2 is 2.08 bits per heavy atom. The Labute approximate surface area is 75.1 Å². The molecule has 0 spiro atoms. The fraction of sp³-hybridized carbons (Fsp3) is 1.00. The van der Waals surface area contributed by atoms with E-state index >= 15 is 0 Å². The third-order valence-electron chi connectivity index (χ3n) is 3.48. The minimum absolute atomic E-state index is 0.458. The van der Waals surface area contributed by atoms with Crippen LogP contribution in [0.1, 0.15) is 39.5 Å². The predicted molar refractivity (Wildman–Crippen MR) is 51.0 cm³/mol. The summed E-state index contributed by atoms with van der Waals surface area (Å²) in [5.41, 5.74) is 6.11. The van der Waals surface area contributed by atoms with Crippen LogP contribution in [0.5, 0.6) is 0 Å². The molecule has 0 aromatic carbocycles. The lowest BCUT2D eigenvalue weighted by Gasteiger charge is -2.38. The highest BCUT2D eigenvalue weighted by Crippen LogP contribution is 2.36. The van der Waals surface area contributed by atoms with Crippen molar-refractivity contribution in [2.45, 2.75) is 63.7 Å². The summed E-state index contributed by atoms with van der Waals surface area (Å²) in [6, 6.07) is 2.65. The normalized spacial score (nSPS) is 42.5. The maximum absolute atomic E-state index is 6.11. The molecule has 2 saturated heterocycles. The minimum atomic E-state index is 0.458. The Bertz CT molecular complexity index is 167. The molecule has 0 aromatic rings. The summed E-state index contributed by atoms with van der Waals surface area (Å²) in [6.45, 7) is 4.59. The van der Waals surface area contributed by atoms with Crippen molar-refractivity contribution in [2.24, 2.45) is 5.73 Å². The van der Waals surface area contributed by atoms with Gasteiger partial charge in [0.2, 0.25) is 0 Å². The van der Waals surface area contributed by atoms with Crippen LogP contribution in [0, 0.1) is 0 Å². The van der Waals surface area contributed by atoms with E-state index in [1.807, 2.05) is 0 Å². The molecule has 0 radical (unpaired) electrons. The minimum Gasteiger partial charge on any atom is -0.326 e. The van der Waals surface area contributed by atoms with Crippen molar-refractivity contribution in [3.63, 3.8) is 0 Å². The third kappa shape index (κ3) is 1.17. The van der Waals surface area contributed by atoms with Gasteiger partial charge in [0, 0.05) is 24.2 Å². The second-order valence-corrected chi connectivity index (χ2v) is 4.59. The number of hydrogen-bond donors (Lipinski definition) is 1. The standard InChI is InChI=1S/C10H20N2/c1-7(2)12-8-4-3-5-10(12)9(11)6-8/h7-10H,3-6,11H2,1-2H3/t8-,9+,10+/m1/s1. The zero-order chi connectivity index (χ0) is 8.72. The van der Waals surface area contributed by atoms with Gasteiger partial charge in [-0.1, -0.05) is 6.42 Å². The topological polar surface area (TPSA) is 29.3 Å². The first kappa shape index (κ1) is 8.52. The summed E-state index contributed by atoms with van der Waals surface area (Å²) in [7, 11) is 0. The van der Waals surface area contributed by atoms with Crippen LogP contribution in [0.15, 0.2) is 0 Å². The van der Waals surface area contributed by atoms with Crippen LogP contribution in [0.4, 0.5) is 0 Å². The van der Waals surface area contributed by atoms with Gasteiger partial charge in [-0.15, -0.1) is 0 Å². The lowest BCUT2D eigenvalue weighted by atomic mass is 10.0. The Kier molecular flexibility index (Phi) is 2.13. The number of rotatable bonds is 1. The van der Waals surface area contributed by atoms with Crippen molar-refractivity contribution < 1.29 is 0 Å². The highest BCUT2D eigenvalue weighted by Gasteiger charge is 2.42. The van der Waals surface area contributed by atoms with Gasteiger partial charge in [-0.2, -0.15) is 0 Å². The van der Waals surface area contributed by atoms with Crippen molar-refractivity contribution in [2.75, 3.05) is 0 Å². The van der Waals surface area contributed by atoms with Crippen molar-refractivity contribution >= 4 is 0 Å². The summed E-state index contributed by atoms with van der Waals surface area (Å²) < 4.78 is 0. The van der Waals surface area contributed by atoms with Crippen LogP contribution in [0.3, 0.4) is 0 Å². The first-order chi connectivity index (χ1) is 5.70. The van der Waals surface area contributed by atoms with Crippen LogP contribution in [0.25, 0.3) is 0 Å². The molecule has 2 rings (SSSR count). The SMILES string of the molecule is CC(C)N1[C@@H]2CCC[C@H]1[C@@H](N)C2. The molecule has 0 saturated carbocycles. The monoisotopic (exact) mass is 168 g/mol. The van der Waals surface area contributed by atoms with Crippen molar-refractivity contribution in [1.82, 2.24) is 4.90 Å². The summed E-state index contributed by atoms with van der Waals surface area (Å²) in [5.74, 6) is 0. The Morgan fingerprint density at radius 3 is 2.58 bits per heavy atom. The van der Waals surface area contributed by atoms with E-state index in [4.69, 9.17) is 5.73 Å². The maximum Gasteiger partial charge on any atom is 0.0253 e. The predicted octanol–water partition coefficient (Wildman–Crippen LogP) is 1.35. The van der Waals surface area contributed by atoms with E-state index in [1.165, 1.54) is 25.7 Å². The Morgan fingerprint density at radius 1 is 1.33 bits per heavy atom. The second kappa shape index (κ2) is 3.00. The molecule has 2 heteroatoms. The van der Waals surface area contributed by atoms with Crippen molar-refractivity contribution in [3.05, 3.63) is 0 Å². The molecule has 0 unspecified atom stereocenters. The molecule has 2 bridgehead atoms. The Hall–Kier alpha value is -0.0800. The molecule has 0 aromatic heterocycles. The van der Waals surface area contributed by atoms with Gasteiger partial charge in [0.15, 0.2) is 0 Å². The van der Waals surface area contributed by atoms with Crippen molar-refractivity contribution in [3.8, 4) is 0 Å². The maximum atomic E-state index is 6.11. The second-order valence-electron chi connectivity index (χ2n) is 4.59. The number of fused-ring (bicyclic) bond motifs is 2. The lowest BCUT2D eigenvalue weighted by molar-refractivity contribution is 0.101. The van der Waals surface area contributed by atoms with E-state index < -0.39 is 0 Å². The molecule has 2 nitrogen and oxygen atoms in total. The molecular formula is C10H20N2. The number of hydrogen-bond acceptors (Lipinski definition) is 2. The zero-order valence-corrected chi connectivity index (χ0v) is 8.16. The van der Waals surface area contributed by atoms with Gasteiger partial charge in [-0.3, -0.25) is 4.90 Å². The fourth-order valence-electron chi connectivity index (χ4n) is 3.08. The van der Waals surface area contributed by atoms with Crippen LogP contribution in [-0.4, -0.2) is 29.1 Å². The molecule has 2 heterocycles. The van der Waals surface area contributed by atoms with Crippen LogP contribution in [-0.2, 0) is 0 Å². The van der Waals surface area contributed by atoms with Gasteiger partial charge in [0.1, 0.15) is 0 Å². The molecule has 0 amide bonds. The highest BCUT2D eigenvalue weighted by molar-refractivity contribution is 5.00. The molecule has 0 aliphatic carbocycles. The first-order valence-corrected chi connectivity index (χ1v) is 5.23. The van der Waals surface area contributed by atoms with Crippen LogP contribution in [0.2, 0.25) is 0 Å². The van der Waals surface area contributed by atoms with Crippen LogP contribution < -0.4 is 5.73 Å². The number of nitrogens with zero attached hydrogens (tertiary/aromatic N) is 1. The van der Waals surface area contributed by atoms with E-state index in [0.717, 1.165) is 6.04 Å². The smallest absolute Gasteiger partial charge is 0.0253 e. The van der Waals surface area contributed by atoms with E-state index in [-0.39, 0.29) is 0 Å². The van der Waals surface area contributed by atoms with Gasteiger partial charge in [-0.25, -0.2) is 0 Å². The average molecular weight is 168 g/mol. The largest absolute Gasteiger partial charge is 0.326 e. The summed E-state index contributed by atoms with van der Waals surface area (Å²) in [5, 5.41) is 0. The van der Waals surface area contributed by atoms with Gasteiger partial charge in [-0.05, 0) is 33.1 Å². The average Bonchev–Trinajstić information content (AvgIpc) is 2.20. The first-order valence-electron chi connectivity index (χ1n) is 5.23. The summed E-state index contributed by atoms with van der Waals surface area (Å²) in [4.78, 5) is 2.65. The van der Waals surface area contributed by atoms with Gasteiger partial charge >= 0.3 is 0 Å². The van der Waals surface area contributed by atoms with E-state index in [1.54, 1.807) is 0 Å². The molecule has 2 N–H and O–H groups in total. The third-order valence-corrected chi connectivity index (χ3v) is 3.48. The zero-order valence-electron chi connectivity index (χ0n) is 8.16. The molecule has 3 atom stereocenters. The van der Waals surface area contributed by atoms with E-state index in [2.05, 4.69) is 18.7 Å². The quantitative estimate of drug-likeness (QED) is 0.640. The van der Waals surface area contributed by atoms with Gasteiger partial charge in [0.25, 0.3) is 0 Å². The van der Waals surface area contributed by atoms with Gasteiger partial charge in [0.05, 0.1) is 0 Å².